The maximum absolute atomic E-state index is 12.0. The van der Waals surface area contributed by atoms with E-state index in [1.165, 1.54) is 0 Å². The van der Waals surface area contributed by atoms with Crippen LogP contribution in [0, 0.1) is 0 Å². The molecule has 1 heterocycles. The summed E-state index contributed by atoms with van der Waals surface area (Å²) in [5.41, 5.74) is 0.982. The summed E-state index contributed by atoms with van der Waals surface area (Å²) >= 11 is 1.16. The highest BCUT2D eigenvalue weighted by Gasteiger charge is 2.20. The number of aliphatic hydroxyl groups excluding tert-OH is 1. The topological polar surface area (TPSA) is 66.4 Å². The van der Waals surface area contributed by atoms with Gasteiger partial charge in [0.05, 0.1) is 6.61 Å². The number of hydrogen-bond donors (Lipinski definition) is 2. The molecule has 102 valence electrons. The molecule has 1 unspecified atom stereocenters. The molecule has 1 aromatic carbocycles. The summed E-state index contributed by atoms with van der Waals surface area (Å²) in [6.45, 7) is -0.237. The van der Waals surface area contributed by atoms with Gasteiger partial charge in [-0.05, 0) is 23.4 Å². The van der Waals surface area contributed by atoms with Crippen LogP contribution in [0.25, 0.3) is 0 Å². The Hall–Kier alpha value is -1.21. The zero-order valence-electron chi connectivity index (χ0n) is 10.2. The summed E-state index contributed by atoms with van der Waals surface area (Å²) in [5, 5.41) is 11.0. The second-order valence-corrected chi connectivity index (χ2v) is 7.01. The fourth-order valence-electron chi connectivity index (χ4n) is 1.74. The molecule has 0 aliphatic carbocycles. The van der Waals surface area contributed by atoms with Crippen LogP contribution in [0.15, 0.2) is 52.1 Å². The summed E-state index contributed by atoms with van der Waals surface area (Å²) in [7, 11) is -3.54. The fourth-order valence-corrected chi connectivity index (χ4v) is 3.97. The highest BCUT2D eigenvalue weighted by molar-refractivity contribution is 7.91. The van der Waals surface area contributed by atoms with E-state index in [4.69, 9.17) is 0 Å². The van der Waals surface area contributed by atoms with Crippen molar-refractivity contribution in [2.45, 2.75) is 16.7 Å². The van der Waals surface area contributed by atoms with E-state index in [0.29, 0.717) is 6.42 Å². The Bertz CT molecular complexity index is 594. The summed E-state index contributed by atoms with van der Waals surface area (Å²) in [6, 6.07) is 12.2. The van der Waals surface area contributed by atoms with Gasteiger partial charge in [0.1, 0.15) is 4.21 Å². The van der Waals surface area contributed by atoms with Crippen molar-refractivity contribution in [3.63, 3.8) is 0 Å². The van der Waals surface area contributed by atoms with Gasteiger partial charge in [0.2, 0.25) is 10.0 Å². The number of rotatable bonds is 6. The van der Waals surface area contributed by atoms with Crippen LogP contribution in [0.4, 0.5) is 0 Å². The number of benzene rings is 1. The SMILES string of the molecule is O=S(=O)(NC(CO)Cc1ccccc1)c1cccs1. The molecule has 0 spiro atoms. The molecule has 0 radical (unpaired) electrons. The summed E-state index contributed by atoms with van der Waals surface area (Å²) in [6.07, 6.45) is 0.460. The van der Waals surface area contributed by atoms with Crippen LogP contribution in [0.5, 0.6) is 0 Å². The maximum Gasteiger partial charge on any atom is 0.250 e. The molecule has 2 N–H and O–H groups in total. The zero-order valence-corrected chi connectivity index (χ0v) is 11.8. The lowest BCUT2D eigenvalue weighted by atomic mass is 10.1. The van der Waals surface area contributed by atoms with Gasteiger partial charge in [0, 0.05) is 6.04 Å². The average molecular weight is 297 g/mol. The third-order valence-electron chi connectivity index (χ3n) is 2.63. The van der Waals surface area contributed by atoms with Crippen LogP contribution >= 0.6 is 11.3 Å². The molecule has 1 atom stereocenters. The van der Waals surface area contributed by atoms with E-state index < -0.39 is 16.1 Å². The van der Waals surface area contributed by atoms with E-state index in [2.05, 4.69) is 4.72 Å². The molecule has 6 heteroatoms. The minimum atomic E-state index is -3.54. The van der Waals surface area contributed by atoms with Gasteiger partial charge < -0.3 is 5.11 Å². The minimum absolute atomic E-state index is 0.237. The molecule has 0 aliphatic heterocycles. The highest BCUT2D eigenvalue weighted by atomic mass is 32.2. The van der Waals surface area contributed by atoms with Crippen LogP contribution in [-0.4, -0.2) is 26.2 Å². The zero-order chi connectivity index (χ0) is 13.7. The van der Waals surface area contributed by atoms with E-state index in [1.54, 1.807) is 17.5 Å². The standard InChI is InChI=1S/C13H15NO3S2/c15-10-12(9-11-5-2-1-3-6-11)14-19(16,17)13-7-4-8-18-13/h1-8,12,14-15H,9-10H2. The Kier molecular flexibility index (Phi) is 4.71. The first kappa shape index (κ1) is 14.2. The molecular weight excluding hydrogens is 282 g/mol. The van der Waals surface area contributed by atoms with Gasteiger partial charge in [-0.1, -0.05) is 36.4 Å². The normalized spacial score (nSPS) is 13.3. The Labute approximate surface area is 116 Å². The fraction of sp³-hybridized carbons (Fsp3) is 0.231. The molecule has 19 heavy (non-hydrogen) atoms. The van der Waals surface area contributed by atoms with Gasteiger partial charge in [-0.2, -0.15) is 0 Å². The molecule has 4 nitrogen and oxygen atoms in total. The summed E-state index contributed by atoms with van der Waals surface area (Å²) in [5.74, 6) is 0. The van der Waals surface area contributed by atoms with E-state index >= 15 is 0 Å². The van der Waals surface area contributed by atoms with Gasteiger partial charge in [-0.25, -0.2) is 13.1 Å². The third-order valence-corrected chi connectivity index (χ3v) is 5.55. The quantitative estimate of drug-likeness (QED) is 0.851. The maximum atomic E-state index is 12.0. The summed E-state index contributed by atoms with van der Waals surface area (Å²) in [4.78, 5) is 0. The molecule has 0 saturated heterocycles. The molecule has 0 amide bonds. The lowest BCUT2D eigenvalue weighted by Gasteiger charge is -2.15. The van der Waals surface area contributed by atoms with Crippen molar-refractivity contribution >= 4 is 21.4 Å². The first-order valence-electron chi connectivity index (χ1n) is 5.82. The van der Waals surface area contributed by atoms with Crippen molar-refractivity contribution in [1.82, 2.24) is 4.72 Å². The monoisotopic (exact) mass is 297 g/mol. The highest BCUT2D eigenvalue weighted by Crippen LogP contribution is 2.16. The van der Waals surface area contributed by atoms with Gasteiger partial charge in [-0.15, -0.1) is 11.3 Å². The predicted molar refractivity (Wildman–Crippen MR) is 75.7 cm³/mol. The van der Waals surface area contributed by atoms with Crippen molar-refractivity contribution in [3.8, 4) is 0 Å². The first-order valence-corrected chi connectivity index (χ1v) is 8.19. The number of sulfonamides is 1. The van der Waals surface area contributed by atoms with Crippen molar-refractivity contribution < 1.29 is 13.5 Å². The van der Waals surface area contributed by atoms with Crippen molar-refractivity contribution in [1.29, 1.82) is 0 Å². The predicted octanol–water partition coefficient (Wildman–Crippen LogP) is 1.63. The molecule has 0 fully saturated rings. The lowest BCUT2D eigenvalue weighted by Crippen LogP contribution is -2.38. The van der Waals surface area contributed by atoms with Crippen molar-refractivity contribution in [2.24, 2.45) is 0 Å². The molecule has 2 aromatic rings. The lowest BCUT2D eigenvalue weighted by molar-refractivity contribution is 0.256. The molecule has 0 aliphatic rings. The largest absolute Gasteiger partial charge is 0.395 e. The van der Waals surface area contributed by atoms with Crippen LogP contribution in [0.2, 0.25) is 0 Å². The first-order chi connectivity index (χ1) is 9.12. The van der Waals surface area contributed by atoms with Crippen LogP contribution in [0.1, 0.15) is 5.56 Å². The number of nitrogens with one attached hydrogen (secondary N) is 1. The van der Waals surface area contributed by atoms with E-state index in [9.17, 15) is 13.5 Å². The molecular formula is C13H15NO3S2. The van der Waals surface area contributed by atoms with Crippen LogP contribution < -0.4 is 4.72 Å². The third kappa shape index (κ3) is 3.87. The van der Waals surface area contributed by atoms with E-state index in [0.717, 1.165) is 16.9 Å². The number of aliphatic hydroxyl groups is 1. The second-order valence-electron chi connectivity index (χ2n) is 4.12. The van der Waals surface area contributed by atoms with Gasteiger partial charge in [-0.3, -0.25) is 0 Å². The smallest absolute Gasteiger partial charge is 0.250 e. The summed E-state index contributed by atoms with van der Waals surface area (Å²) < 4.78 is 26.9. The Balaban J connectivity index is 2.08. The Morgan fingerprint density at radius 1 is 1.16 bits per heavy atom. The molecule has 2 rings (SSSR count). The molecule has 1 aromatic heterocycles. The average Bonchev–Trinajstić information content (AvgIpc) is 2.93. The number of thiophene rings is 1. The van der Waals surface area contributed by atoms with Crippen LogP contribution in [-0.2, 0) is 16.4 Å². The molecule has 0 saturated carbocycles. The van der Waals surface area contributed by atoms with E-state index in [-0.39, 0.29) is 10.8 Å². The van der Waals surface area contributed by atoms with Crippen LogP contribution in [0.3, 0.4) is 0 Å². The van der Waals surface area contributed by atoms with Gasteiger partial charge in [0.25, 0.3) is 0 Å². The number of hydrogen-bond acceptors (Lipinski definition) is 4. The second kappa shape index (κ2) is 6.29. The van der Waals surface area contributed by atoms with Gasteiger partial charge in [0.15, 0.2) is 0 Å². The minimum Gasteiger partial charge on any atom is -0.395 e. The van der Waals surface area contributed by atoms with E-state index in [1.807, 2.05) is 30.3 Å². The van der Waals surface area contributed by atoms with Gasteiger partial charge >= 0.3 is 0 Å². The van der Waals surface area contributed by atoms with Crippen molar-refractivity contribution in [3.05, 3.63) is 53.4 Å². The van der Waals surface area contributed by atoms with Crippen molar-refractivity contribution in [2.75, 3.05) is 6.61 Å². The Morgan fingerprint density at radius 2 is 1.89 bits per heavy atom. The molecule has 0 bridgehead atoms. The Morgan fingerprint density at radius 3 is 2.47 bits per heavy atom.